The van der Waals surface area contributed by atoms with Gasteiger partial charge in [0.15, 0.2) is 0 Å². The molecule has 1 N–H and O–H groups in total. The molecule has 2 heterocycles. The first-order valence-corrected chi connectivity index (χ1v) is 12.9. The van der Waals surface area contributed by atoms with Gasteiger partial charge in [-0.3, -0.25) is 4.79 Å². The first-order chi connectivity index (χ1) is 16.4. The Morgan fingerprint density at radius 3 is 2.51 bits per heavy atom. The van der Waals surface area contributed by atoms with E-state index in [0.717, 1.165) is 25.3 Å². The lowest BCUT2D eigenvalue weighted by molar-refractivity contribution is -0.139. The Labute approximate surface area is 198 Å². The monoisotopic (exact) mass is 521 g/mol. The van der Waals surface area contributed by atoms with E-state index in [4.69, 9.17) is 9.47 Å². The Morgan fingerprint density at radius 2 is 1.94 bits per heavy atom. The van der Waals surface area contributed by atoms with Crippen molar-refractivity contribution in [3.63, 3.8) is 0 Å². The molecule has 2 aromatic rings. The van der Waals surface area contributed by atoms with Crippen molar-refractivity contribution in [2.45, 2.75) is 57.7 Å². The third-order valence-electron chi connectivity index (χ3n) is 5.53. The van der Waals surface area contributed by atoms with Crippen LogP contribution in [0.15, 0.2) is 21.7 Å². The highest BCUT2D eigenvalue weighted by Gasteiger charge is 2.38. The number of amides is 1. The van der Waals surface area contributed by atoms with E-state index in [1.54, 1.807) is 0 Å². The maximum absolute atomic E-state index is 13.9. The van der Waals surface area contributed by atoms with Crippen molar-refractivity contribution < 1.29 is 35.9 Å². The molecule has 1 aromatic carbocycles. The van der Waals surface area contributed by atoms with E-state index in [0.29, 0.717) is 25.2 Å². The van der Waals surface area contributed by atoms with E-state index < -0.39 is 56.1 Å². The van der Waals surface area contributed by atoms with Gasteiger partial charge in [0.05, 0.1) is 35.4 Å². The van der Waals surface area contributed by atoms with Gasteiger partial charge in [0.1, 0.15) is 0 Å². The molecule has 0 radical (unpaired) electrons. The van der Waals surface area contributed by atoms with E-state index in [9.17, 15) is 36.0 Å². The van der Waals surface area contributed by atoms with Crippen LogP contribution in [-0.4, -0.2) is 42.6 Å². The number of hydrogen-bond acceptors (Lipinski definition) is 7. The second kappa shape index (κ2) is 10.4. The van der Waals surface area contributed by atoms with E-state index >= 15 is 0 Å². The number of alkyl halides is 3. The highest BCUT2D eigenvalue weighted by molar-refractivity contribution is 7.89. The summed E-state index contributed by atoms with van der Waals surface area (Å²) in [5.74, 6) is 0. The predicted molar refractivity (Wildman–Crippen MR) is 120 cm³/mol. The maximum atomic E-state index is 13.9. The fourth-order valence-corrected chi connectivity index (χ4v) is 4.79. The van der Waals surface area contributed by atoms with Crippen molar-refractivity contribution >= 4 is 27.0 Å². The fourth-order valence-electron chi connectivity index (χ4n) is 3.92. The van der Waals surface area contributed by atoms with E-state index in [1.165, 1.54) is 0 Å². The summed E-state index contributed by atoms with van der Waals surface area (Å²) in [6.07, 6.45) is -2.53. The highest BCUT2D eigenvalue weighted by atomic mass is 32.2. The first kappa shape index (κ1) is 26.7. The zero-order chi connectivity index (χ0) is 26.0. The number of nitrogens with one attached hydrogen (secondary N) is 1. The summed E-state index contributed by atoms with van der Waals surface area (Å²) < 4.78 is 76.8. The fraction of sp³-hybridized carbons (Fsp3) is 0.571. The molecular weight excluding hydrogens is 495 g/mol. The van der Waals surface area contributed by atoms with Crippen LogP contribution in [0.5, 0.6) is 0 Å². The molecule has 10 nitrogen and oxygen atoms in total. The van der Waals surface area contributed by atoms with Crippen LogP contribution < -0.4 is 16.7 Å². The molecule has 1 aliphatic heterocycles. The summed E-state index contributed by atoms with van der Waals surface area (Å²) in [5, 5.41) is -0.517. The summed E-state index contributed by atoms with van der Waals surface area (Å²) in [6.45, 7) is 2.21. The molecule has 1 aliphatic rings. The molecule has 1 amide bonds. The zero-order valence-corrected chi connectivity index (χ0v) is 20.0. The topological polar surface area (TPSA) is 126 Å². The molecule has 0 bridgehead atoms. The average molecular weight is 522 g/mol. The van der Waals surface area contributed by atoms with Gasteiger partial charge in [-0.15, -0.1) is 0 Å². The van der Waals surface area contributed by atoms with Gasteiger partial charge in [-0.1, -0.05) is 26.2 Å². The quantitative estimate of drug-likeness (QED) is 0.529. The Bertz CT molecular complexity index is 1330. The van der Waals surface area contributed by atoms with Crippen LogP contribution in [0.1, 0.15) is 62.7 Å². The minimum absolute atomic E-state index is 0.00740. The minimum atomic E-state index is -4.91. The van der Waals surface area contributed by atoms with E-state index in [-0.39, 0.29) is 33.8 Å². The number of aromatic nitrogens is 2. The lowest BCUT2D eigenvalue weighted by atomic mass is 9.97. The molecule has 0 saturated carbocycles. The van der Waals surface area contributed by atoms with Crippen molar-refractivity contribution in [3.8, 4) is 0 Å². The molecule has 194 valence electrons. The van der Waals surface area contributed by atoms with Crippen LogP contribution in [0.2, 0.25) is 0 Å². The molecule has 35 heavy (non-hydrogen) atoms. The van der Waals surface area contributed by atoms with Crippen LogP contribution in [0.25, 0.3) is 10.9 Å². The number of rotatable bonds is 8. The minimum Gasteiger partial charge on any atom is -0.448 e. The number of carbonyl (C=O) groups is 1. The second-order valence-corrected chi connectivity index (χ2v) is 10.0. The molecule has 1 aromatic heterocycles. The lowest BCUT2D eigenvalue weighted by Gasteiger charge is -2.20. The zero-order valence-electron chi connectivity index (χ0n) is 19.2. The third-order valence-corrected chi connectivity index (χ3v) is 6.55. The SMILES string of the molecule is CCCCCCOC(=O)Nn1c(=O)c2cc([C@H]3CCCO3)c(C(F)(F)F)cc2n(S(C)(=O)=O)c1=O. The van der Waals surface area contributed by atoms with Gasteiger partial charge in [-0.05, 0) is 37.0 Å². The number of fused-ring (bicyclic) bond motifs is 1. The number of halogens is 3. The predicted octanol–water partition coefficient (Wildman–Crippen LogP) is 3.10. The van der Waals surface area contributed by atoms with Gasteiger partial charge in [-0.2, -0.15) is 21.8 Å². The highest BCUT2D eigenvalue weighted by Crippen LogP contribution is 2.40. The molecule has 0 aliphatic carbocycles. The number of hydrogen-bond donors (Lipinski definition) is 1. The average Bonchev–Trinajstić information content (AvgIpc) is 3.29. The number of benzene rings is 1. The van der Waals surface area contributed by atoms with E-state index in [2.05, 4.69) is 0 Å². The Balaban J connectivity index is 2.17. The normalized spacial score (nSPS) is 16.5. The van der Waals surface area contributed by atoms with Gasteiger partial charge >= 0.3 is 18.0 Å². The molecule has 14 heteroatoms. The third kappa shape index (κ3) is 5.86. The van der Waals surface area contributed by atoms with Gasteiger partial charge < -0.3 is 9.47 Å². The Morgan fingerprint density at radius 1 is 1.23 bits per heavy atom. The summed E-state index contributed by atoms with van der Waals surface area (Å²) in [5.41, 5.74) is -3.21. The van der Waals surface area contributed by atoms with Gasteiger partial charge in [0.25, 0.3) is 5.56 Å². The smallest absolute Gasteiger partial charge is 0.426 e. The van der Waals surface area contributed by atoms with Crippen molar-refractivity contribution in [1.29, 1.82) is 0 Å². The van der Waals surface area contributed by atoms with Crippen LogP contribution in [0, 0.1) is 0 Å². The Kier molecular flexibility index (Phi) is 7.94. The molecule has 3 rings (SSSR count). The molecule has 1 fully saturated rings. The Hall–Kier alpha value is -2.87. The maximum Gasteiger partial charge on any atom is 0.426 e. The summed E-state index contributed by atoms with van der Waals surface area (Å²) in [4.78, 5) is 38.1. The van der Waals surface area contributed by atoms with Crippen molar-refractivity contribution in [3.05, 3.63) is 44.1 Å². The lowest BCUT2D eigenvalue weighted by Crippen LogP contribution is -2.48. The molecule has 1 atom stereocenters. The van der Waals surface area contributed by atoms with Crippen molar-refractivity contribution in [2.24, 2.45) is 0 Å². The van der Waals surface area contributed by atoms with E-state index in [1.807, 2.05) is 12.3 Å². The summed E-state index contributed by atoms with van der Waals surface area (Å²) in [6, 6.07) is 1.32. The van der Waals surface area contributed by atoms with Crippen LogP contribution in [0.4, 0.5) is 18.0 Å². The molecule has 1 saturated heterocycles. The van der Waals surface area contributed by atoms with Gasteiger partial charge in [0, 0.05) is 6.61 Å². The standard InChI is InChI=1S/C21H26F3N3O7S/c1-3-4-5-6-9-34-19(29)25-26-18(28)14-11-13(17-8-7-10-33-17)15(21(22,23)24)12-16(14)27(20(26)30)35(2,31)32/h11-12,17H,3-10H2,1-2H3,(H,25,29)/t17-/m1/s1. The van der Waals surface area contributed by atoms with Crippen LogP contribution in [-0.2, 0) is 25.7 Å². The first-order valence-electron chi connectivity index (χ1n) is 11.0. The molecule has 0 unspecified atom stereocenters. The number of unbranched alkanes of at least 4 members (excludes halogenated alkanes) is 3. The largest absolute Gasteiger partial charge is 0.448 e. The van der Waals surface area contributed by atoms with Crippen LogP contribution in [0.3, 0.4) is 0 Å². The number of carbonyl (C=O) groups excluding carboxylic acids is 1. The molecule has 0 spiro atoms. The van der Waals surface area contributed by atoms with Gasteiger partial charge in [-0.25, -0.2) is 23.4 Å². The van der Waals surface area contributed by atoms with Crippen LogP contribution >= 0.6 is 0 Å². The molecular formula is C21H26F3N3O7S. The number of ether oxygens (including phenoxy) is 2. The summed E-state index contributed by atoms with van der Waals surface area (Å²) >= 11 is 0. The number of nitrogens with zero attached hydrogens (tertiary/aromatic N) is 2. The van der Waals surface area contributed by atoms with Gasteiger partial charge in [0.2, 0.25) is 10.0 Å². The summed E-state index contributed by atoms with van der Waals surface area (Å²) in [7, 11) is -4.50. The second-order valence-electron chi connectivity index (χ2n) is 8.21. The van der Waals surface area contributed by atoms with Crippen molar-refractivity contribution in [2.75, 3.05) is 24.9 Å². The van der Waals surface area contributed by atoms with Crippen molar-refractivity contribution in [1.82, 2.24) is 8.65 Å².